The van der Waals surface area contributed by atoms with Gasteiger partial charge < -0.3 is 15.5 Å². The molecule has 0 bridgehead atoms. The number of aryl methyl sites for hydroxylation is 2. The molecule has 2 N–H and O–H groups in total. The summed E-state index contributed by atoms with van der Waals surface area (Å²) in [4.78, 5) is 11.4. The molecule has 0 amide bonds. The van der Waals surface area contributed by atoms with E-state index in [0.29, 0.717) is 6.04 Å². The van der Waals surface area contributed by atoms with E-state index < -0.39 is 0 Å². The summed E-state index contributed by atoms with van der Waals surface area (Å²) in [5, 5.41) is 11.7. The molecule has 1 aromatic rings. The van der Waals surface area contributed by atoms with Crippen molar-refractivity contribution in [2.45, 2.75) is 50.7 Å². The summed E-state index contributed by atoms with van der Waals surface area (Å²) >= 11 is 2.04. The summed E-state index contributed by atoms with van der Waals surface area (Å²) < 4.78 is 2.06. The van der Waals surface area contributed by atoms with Crippen molar-refractivity contribution in [1.29, 1.82) is 0 Å². The van der Waals surface area contributed by atoms with Gasteiger partial charge in [-0.25, -0.2) is 9.67 Å². The van der Waals surface area contributed by atoms with Crippen LogP contribution < -0.4 is 10.6 Å². The van der Waals surface area contributed by atoms with Crippen molar-refractivity contribution < 1.29 is 0 Å². The molecule has 9 heteroatoms. The summed E-state index contributed by atoms with van der Waals surface area (Å²) in [6.45, 7) is 3.89. The highest BCUT2D eigenvalue weighted by molar-refractivity contribution is 14.0. The van der Waals surface area contributed by atoms with Gasteiger partial charge in [0.15, 0.2) is 11.8 Å². The van der Waals surface area contributed by atoms with Gasteiger partial charge in [-0.2, -0.15) is 16.9 Å². The first-order valence-corrected chi connectivity index (χ1v) is 10.4. The fourth-order valence-electron chi connectivity index (χ4n) is 3.51. The zero-order chi connectivity index (χ0) is 17.9. The zero-order valence-corrected chi connectivity index (χ0v) is 19.4. The molecule has 148 valence electrons. The lowest BCUT2D eigenvalue weighted by Gasteiger charge is -2.36. The maximum atomic E-state index is 4.59. The van der Waals surface area contributed by atoms with Crippen LogP contribution in [0.5, 0.6) is 0 Å². The van der Waals surface area contributed by atoms with Crippen molar-refractivity contribution in [3.8, 4) is 0 Å². The standard InChI is InChI=1S/C17H31N7S.HI/c1-5-14-21-15-7-6-13(10-24(15)22-14)20-16(18-2)19-11-17(23(3)4)8-9-25-12-17;/h13H,5-12H2,1-4H3,(H2,18,19,20);1H. The summed E-state index contributed by atoms with van der Waals surface area (Å²) in [5.41, 5.74) is 0.226. The maximum Gasteiger partial charge on any atom is 0.191 e. The van der Waals surface area contributed by atoms with Crippen LogP contribution in [-0.2, 0) is 19.4 Å². The highest BCUT2D eigenvalue weighted by Crippen LogP contribution is 2.31. The van der Waals surface area contributed by atoms with Crippen molar-refractivity contribution in [2.75, 3.05) is 39.2 Å². The number of rotatable bonds is 5. The minimum absolute atomic E-state index is 0. The molecule has 1 fully saturated rings. The Morgan fingerprint density at radius 3 is 2.88 bits per heavy atom. The predicted octanol–water partition coefficient (Wildman–Crippen LogP) is 1.38. The zero-order valence-electron chi connectivity index (χ0n) is 16.3. The lowest BCUT2D eigenvalue weighted by Crippen LogP contribution is -2.56. The second kappa shape index (κ2) is 9.59. The summed E-state index contributed by atoms with van der Waals surface area (Å²) in [5.74, 6) is 5.37. The Bertz CT molecular complexity index is 610. The monoisotopic (exact) mass is 493 g/mol. The Kier molecular flexibility index (Phi) is 8.02. The van der Waals surface area contributed by atoms with Gasteiger partial charge in [-0.1, -0.05) is 6.92 Å². The van der Waals surface area contributed by atoms with Crippen LogP contribution in [0.4, 0.5) is 0 Å². The topological polar surface area (TPSA) is 70.4 Å². The maximum absolute atomic E-state index is 4.59. The van der Waals surface area contributed by atoms with Crippen LogP contribution in [0.25, 0.3) is 0 Å². The molecule has 0 saturated carbocycles. The van der Waals surface area contributed by atoms with Gasteiger partial charge in [0.25, 0.3) is 0 Å². The number of aromatic nitrogens is 3. The molecule has 3 heterocycles. The average molecular weight is 493 g/mol. The summed E-state index contributed by atoms with van der Waals surface area (Å²) in [7, 11) is 6.21. The Labute approximate surface area is 178 Å². The minimum Gasteiger partial charge on any atom is -0.355 e. The predicted molar refractivity (Wildman–Crippen MR) is 120 cm³/mol. The van der Waals surface area contributed by atoms with Crippen molar-refractivity contribution in [3.05, 3.63) is 11.6 Å². The Morgan fingerprint density at radius 1 is 1.46 bits per heavy atom. The van der Waals surface area contributed by atoms with E-state index >= 15 is 0 Å². The number of nitrogens with zero attached hydrogens (tertiary/aromatic N) is 5. The van der Waals surface area contributed by atoms with Gasteiger partial charge in [-0.3, -0.25) is 4.99 Å². The van der Waals surface area contributed by atoms with Crippen LogP contribution in [0, 0.1) is 0 Å². The van der Waals surface area contributed by atoms with Crippen LogP contribution >= 0.6 is 35.7 Å². The number of nitrogens with one attached hydrogen (secondary N) is 2. The van der Waals surface area contributed by atoms with Crippen LogP contribution in [0.1, 0.15) is 31.4 Å². The fraction of sp³-hybridized carbons (Fsp3) is 0.824. The van der Waals surface area contributed by atoms with Crippen molar-refractivity contribution in [3.63, 3.8) is 0 Å². The molecule has 0 aromatic carbocycles. The third-order valence-corrected chi connectivity index (χ3v) is 6.63. The smallest absolute Gasteiger partial charge is 0.191 e. The molecular weight excluding hydrogens is 461 g/mol. The third-order valence-electron chi connectivity index (χ3n) is 5.40. The lowest BCUT2D eigenvalue weighted by molar-refractivity contribution is 0.182. The molecule has 2 aliphatic heterocycles. The molecular formula is C17H32IN7S. The molecule has 7 nitrogen and oxygen atoms in total. The van der Waals surface area contributed by atoms with E-state index in [4.69, 9.17) is 0 Å². The van der Waals surface area contributed by atoms with Crippen LogP contribution in [-0.4, -0.2) is 76.4 Å². The fourth-order valence-corrected chi connectivity index (χ4v) is 5.06. The second-order valence-corrected chi connectivity index (χ2v) is 8.31. The number of aliphatic imine (C=N–C) groups is 1. The van der Waals surface area contributed by atoms with E-state index in [1.54, 1.807) is 0 Å². The molecule has 0 aliphatic carbocycles. The SMILES string of the molecule is CCc1nc2n(n1)CC(NC(=NC)NCC1(N(C)C)CCSC1)CC2.I. The van der Waals surface area contributed by atoms with E-state index in [9.17, 15) is 0 Å². The number of hydrogen-bond acceptors (Lipinski definition) is 5. The van der Waals surface area contributed by atoms with Crippen LogP contribution in [0.2, 0.25) is 0 Å². The highest BCUT2D eigenvalue weighted by Gasteiger charge is 2.36. The van der Waals surface area contributed by atoms with Crippen LogP contribution in [0.3, 0.4) is 0 Å². The largest absolute Gasteiger partial charge is 0.355 e. The van der Waals surface area contributed by atoms with Gasteiger partial charge in [0.05, 0.1) is 6.54 Å². The Hall–Kier alpha value is -0.550. The third kappa shape index (κ3) is 4.83. The summed E-state index contributed by atoms with van der Waals surface area (Å²) in [6, 6.07) is 0.346. The normalized spacial score (nSPS) is 25.7. The molecule has 26 heavy (non-hydrogen) atoms. The van der Waals surface area contributed by atoms with E-state index in [0.717, 1.165) is 50.0 Å². The van der Waals surface area contributed by atoms with Crippen LogP contribution in [0.15, 0.2) is 4.99 Å². The molecule has 0 spiro atoms. The van der Waals surface area contributed by atoms with Gasteiger partial charge in [-0.15, -0.1) is 24.0 Å². The number of likely N-dealkylation sites (N-methyl/N-ethyl adjacent to an activating group) is 1. The lowest BCUT2D eigenvalue weighted by atomic mass is 9.97. The number of thioether (sulfide) groups is 1. The van der Waals surface area contributed by atoms with Gasteiger partial charge in [0, 0.05) is 43.8 Å². The second-order valence-electron chi connectivity index (χ2n) is 7.21. The first-order chi connectivity index (χ1) is 12.1. The quantitative estimate of drug-likeness (QED) is 0.367. The number of hydrogen-bond donors (Lipinski definition) is 2. The van der Waals surface area contributed by atoms with Crippen molar-refractivity contribution >= 4 is 41.7 Å². The molecule has 3 rings (SSSR count). The number of guanidine groups is 1. The Morgan fingerprint density at radius 2 is 2.27 bits per heavy atom. The van der Waals surface area contributed by atoms with Gasteiger partial charge in [0.2, 0.25) is 0 Å². The summed E-state index contributed by atoms with van der Waals surface area (Å²) in [6.07, 6.45) is 4.16. The molecule has 1 aromatic heterocycles. The Balaban J connectivity index is 0.00000243. The first-order valence-electron chi connectivity index (χ1n) is 9.21. The van der Waals surface area contributed by atoms with Gasteiger partial charge in [-0.05, 0) is 32.7 Å². The molecule has 2 atom stereocenters. The van der Waals surface area contributed by atoms with Gasteiger partial charge >= 0.3 is 0 Å². The van der Waals surface area contributed by atoms with Crippen molar-refractivity contribution in [2.24, 2.45) is 4.99 Å². The number of fused-ring (bicyclic) bond motifs is 1. The van der Waals surface area contributed by atoms with E-state index in [1.165, 1.54) is 17.9 Å². The van der Waals surface area contributed by atoms with E-state index in [1.807, 2.05) is 18.8 Å². The van der Waals surface area contributed by atoms with Crippen molar-refractivity contribution in [1.82, 2.24) is 30.3 Å². The number of halogens is 1. The molecule has 2 aliphatic rings. The molecule has 2 unspecified atom stereocenters. The van der Waals surface area contributed by atoms with Gasteiger partial charge in [0.1, 0.15) is 5.82 Å². The average Bonchev–Trinajstić information content (AvgIpc) is 3.25. The molecule has 1 saturated heterocycles. The first kappa shape index (κ1) is 21.7. The molecule has 0 radical (unpaired) electrons. The van der Waals surface area contributed by atoms with E-state index in [2.05, 4.69) is 56.3 Å². The highest BCUT2D eigenvalue weighted by atomic mass is 127. The minimum atomic E-state index is 0. The van der Waals surface area contributed by atoms with E-state index in [-0.39, 0.29) is 29.5 Å².